The summed E-state index contributed by atoms with van der Waals surface area (Å²) < 4.78 is 95.5. The Hall–Kier alpha value is -2.93. The van der Waals surface area contributed by atoms with Crippen LogP contribution < -0.4 is 9.47 Å². The van der Waals surface area contributed by atoms with Crippen molar-refractivity contribution >= 4 is 22.8 Å². The number of carbonyl (C=O) groups excluding carboxylic acids is 1. The van der Waals surface area contributed by atoms with Gasteiger partial charge in [-0.25, -0.2) is 0 Å². The number of nitrogens with zero attached hydrogens (tertiary/aromatic N) is 2. The molecule has 1 aliphatic carbocycles. The van der Waals surface area contributed by atoms with Crippen LogP contribution in [0.1, 0.15) is 54.9 Å². The van der Waals surface area contributed by atoms with Gasteiger partial charge in [-0.05, 0) is 56.5 Å². The minimum atomic E-state index is -5.00. The largest absolute Gasteiger partial charge is 0.493 e. The number of halogens is 6. The Morgan fingerprint density at radius 1 is 1.02 bits per heavy atom. The topological polar surface area (TPSA) is 60.4 Å². The van der Waals surface area contributed by atoms with Crippen molar-refractivity contribution < 1.29 is 45.3 Å². The van der Waals surface area contributed by atoms with Crippen LogP contribution >= 0.6 is 11.8 Å². The maximum absolute atomic E-state index is 13.5. The molecule has 0 aromatic heterocycles. The first kappa shape index (κ1) is 29.6. The first-order valence-electron chi connectivity index (χ1n) is 13.0. The van der Waals surface area contributed by atoms with Crippen LogP contribution in [0.5, 0.6) is 11.5 Å². The monoisotopic (exact) mass is 602 g/mol. The Morgan fingerprint density at radius 3 is 2.32 bits per heavy atom. The summed E-state index contributed by atoms with van der Waals surface area (Å²) >= 11 is 1.47. The zero-order valence-corrected chi connectivity index (χ0v) is 23.3. The van der Waals surface area contributed by atoms with Gasteiger partial charge in [0.1, 0.15) is 11.4 Å². The second-order valence-corrected chi connectivity index (χ2v) is 11.8. The van der Waals surface area contributed by atoms with Crippen LogP contribution in [0.3, 0.4) is 0 Å². The molecule has 0 N–H and O–H groups in total. The lowest BCUT2D eigenvalue weighted by Gasteiger charge is -2.46. The highest BCUT2D eigenvalue weighted by molar-refractivity contribution is 8.16. The molecule has 1 spiro atoms. The maximum Gasteiger partial charge on any atom is 0.416 e. The molecule has 5 rings (SSSR count). The molecule has 1 amide bonds. The highest BCUT2D eigenvalue weighted by atomic mass is 32.2. The van der Waals surface area contributed by atoms with Gasteiger partial charge in [0.05, 0.1) is 43.5 Å². The van der Waals surface area contributed by atoms with Crippen molar-refractivity contribution in [1.82, 2.24) is 4.90 Å². The summed E-state index contributed by atoms with van der Waals surface area (Å²) in [5.74, 6) is -0.00324. The Labute approximate surface area is 237 Å². The molecule has 1 saturated heterocycles. The fourth-order valence-corrected chi connectivity index (χ4v) is 7.25. The molecule has 6 nitrogen and oxygen atoms in total. The lowest BCUT2D eigenvalue weighted by atomic mass is 9.68. The summed E-state index contributed by atoms with van der Waals surface area (Å²) in [6, 6.07) is 6.54. The number of methoxy groups -OCH3 is 1. The third-order valence-corrected chi connectivity index (χ3v) is 9.32. The number of amidine groups is 1. The number of morpholine rings is 1. The van der Waals surface area contributed by atoms with Crippen molar-refractivity contribution in [3.8, 4) is 11.5 Å². The van der Waals surface area contributed by atoms with Gasteiger partial charge in [0.15, 0.2) is 16.7 Å². The molecule has 2 aromatic rings. The molecule has 2 fully saturated rings. The first-order valence-corrected chi connectivity index (χ1v) is 13.8. The quantitative estimate of drug-likeness (QED) is 0.357. The van der Waals surface area contributed by atoms with Crippen molar-refractivity contribution in [2.75, 3.05) is 20.3 Å². The number of carbonyl (C=O) groups is 1. The van der Waals surface area contributed by atoms with Crippen molar-refractivity contribution in [1.29, 1.82) is 0 Å². The van der Waals surface area contributed by atoms with E-state index in [-0.39, 0.29) is 41.5 Å². The molecule has 0 radical (unpaired) electrons. The zero-order valence-electron chi connectivity index (χ0n) is 22.4. The molecule has 2 aliphatic heterocycles. The molecule has 0 bridgehead atoms. The number of alkyl halides is 6. The average molecular weight is 603 g/mol. The molecule has 222 valence electrons. The fourth-order valence-electron chi connectivity index (χ4n) is 5.59. The van der Waals surface area contributed by atoms with Gasteiger partial charge >= 0.3 is 12.4 Å². The smallest absolute Gasteiger partial charge is 0.416 e. The standard InChI is InChI=1S/C28H28F6N2O4S/c1-15-12-39-13-16(2)36(15)25-35-24(37)26(41-25)9-8-20(26)17-5-7-22(23(10-17)38-3)40-14-18-4-6-19(27(29,30)31)11-21(18)28(32,33)34/h4-7,10-11,15-16,20H,8-9,12-14H2,1-3H3. The van der Waals surface area contributed by atoms with Gasteiger partial charge in [-0.1, -0.05) is 23.9 Å². The van der Waals surface area contributed by atoms with Crippen molar-refractivity contribution in [3.63, 3.8) is 0 Å². The zero-order chi connectivity index (χ0) is 29.7. The molecule has 1 saturated carbocycles. The molecule has 2 heterocycles. The van der Waals surface area contributed by atoms with E-state index < -0.39 is 40.4 Å². The predicted molar refractivity (Wildman–Crippen MR) is 140 cm³/mol. The van der Waals surface area contributed by atoms with Crippen LogP contribution in [0.15, 0.2) is 41.4 Å². The second-order valence-electron chi connectivity index (χ2n) is 10.5. The summed E-state index contributed by atoms with van der Waals surface area (Å²) in [5, 5.41) is 0.687. The molecule has 4 unspecified atom stereocenters. The van der Waals surface area contributed by atoms with Gasteiger partial charge in [0.2, 0.25) is 0 Å². The van der Waals surface area contributed by atoms with Gasteiger partial charge in [0, 0.05) is 11.5 Å². The van der Waals surface area contributed by atoms with Crippen molar-refractivity contribution in [2.24, 2.45) is 4.99 Å². The summed E-state index contributed by atoms with van der Waals surface area (Å²) in [7, 11) is 1.37. The lowest BCUT2D eigenvalue weighted by Crippen LogP contribution is -2.52. The Kier molecular flexibility index (Phi) is 7.73. The van der Waals surface area contributed by atoms with E-state index in [1.54, 1.807) is 12.1 Å². The Balaban J connectivity index is 1.34. The Bertz CT molecular complexity index is 1350. The highest BCUT2D eigenvalue weighted by Gasteiger charge is 2.59. The van der Waals surface area contributed by atoms with E-state index in [1.807, 2.05) is 13.8 Å². The van der Waals surface area contributed by atoms with Gasteiger partial charge in [-0.2, -0.15) is 31.3 Å². The number of ether oxygens (including phenoxy) is 3. The number of hydrogen-bond donors (Lipinski definition) is 0. The van der Waals surface area contributed by atoms with Gasteiger partial charge in [-0.15, -0.1) is 0 Å². The number of hydrogen-bond acceptors (Lipinski definition) is 6. The first-order chi connectivity index (χ1) is 19.2. The number of thioether (sulfide) groups is 1. The van der Waals surface area contributed by atoms with E-state index in [0.29, 0.717) is 30.9 Å². The van der Waals surface area contributed by atoms with Crippen LogP contribution in [0, 0.1) is 0 Å². The van der Waals surface area contributed by atoms with E-state index in [2.05, 4.69) is 9.89 Å². The predicted octanol–water partition coefficient (Wildman–Crippen LogP) is 6.67. The van der Waals surface area contributed by atoms with E-state index >= 15 is 0 Å². The molecule has 13 heteroatoms. The fraction of sp³-hybridized carbons (Fsp3) is 0.500. The van der Waals surface area contributed by atoms with E-state index in [0.717, 1.165) is 18.1 Å². The molecule has 3 aliphatic rings. The van der Waals surface area contributed by atoms with Crippen molar-refractivity contribution in [3.05, 3.63) is 58.7 Å². The lowest BCUT2D eigenvalue weighted by molar-refractivity contribution is -0.143. The second kappa shape index (κ2) is 10.7. The van der Waals surface area contributed by atoms with E-state index in [1.165, 1.54) is 24.9 Å². The van der Waals surface area contributed by atoms with Gasteiger partial charge < -0.3 is 19.1 Å². The molecule has 2 aromatic carbocycles. The van der Waals surface area contributed by atoms with Crippen LogP contribution in [0.25, 0.3) is 0 Å². The number of rotatable bonds is 5. The minimum absolute atomic E-state index is 0.0746. The third-order valence-electron chi connectivity index (χ3n) is 7.80. The molecule has 4 atom stereocenters. The third kappa shape index (κ3) is 5.50. The maximum atomic E-state index is 13.5. The van der Waals surface area contributed by atoms with Crippen LogP contribution in [-0.2, 0) is 28.5 Å². The molecule has 41 heavy (non-hydrogen) atoms. The SMILES string of the molecule is COc1cc(C2CCC23SC(N2C(C)COCC2C)=NC3=O)ccc1OCc1ccc(C(F)(F)F)cc1C(F)(F)F. The summed E-state index contributed by atoms with van der Waals surface area (Å²) in [6.07, 6.45) is -8.54. The van der Waals surface area contributed by atoms with Crippen molar-refractivity contribution in [2.45, 2.75) is 68.4 Å². The van der Waals surface area contributed by atoms with Crippen LogP contribution in [0.2, 0.25) is 0 Å². The molecular weight excluding hydrogens is 574 g/mol. The van der Waals surface area contributed by atoms with Crippen LogP contribution in [-0.4, -0.2) is 53.1 Å². The summed E-state index contributed by atoms with van der Waals surface area (Å²) in [4.78, 5) is 19.8. The summed E-state index contributed by atoms with van der Waals surface area (Å²) in [6.45, 7) is 4.52. The number of aliphatic imine (C=N–C) groups is 1. The Morgan fingerprint density at radius 2 is 1.73 bits per heavy atom. The minimum Gasteiger partial charge on any atom is -0.493 e. The van der Waals surface area contributed by atoms with Gasteiger partial charge in [-0.3, -0.25) is 4.79 Å². The number of amides is 1. The van der Waals surface area contributed by atoms with Gasteiger partial charge in [0.25, 0.3) is 5.91 Å². The van der Waals surface area contributed by atoms with Crippen LogP contribution in [0.4, 0.5) is 26.3 Å². The normalized spacial score (nSPS) is 26.7. The molecular formula is C28H28F6N2O4S. The highest BCUT2D eigenvalue weighted by Crippen LogP contribution is 2.59. The number of benzene rings is 2. The van der Waals surface area contributed by atoms with E-state index in [4.69, 9.17) is 14.2 Å². The average Bonchev–Trinajstić information content (AvgIpc) is 3.24. The summed E-state index contributed by atoms with van der Waals surface area (Å²) in [5.41, 5.74) is -2.46. The van der Waals surface area contributed by atoms with E-state index in [9.17, 15) is 31.1 Å².